The fraction of sp³-hybridized carbons (Fsp3) is 0.538. The molecule has 0 bridgehead atoms. The molecule has 1 atom stereocenters. The summed E-state index contributed by atoms with van der Waals surface area (Å²) in [5.74, 6) is 0. The summed E-state index contributed by atoms with van der Waals surface area (Å²) in [6.07, 6.45) is 2.85. The van der Waals surface area contributed by atoms with Gasteiger partial charge in [-0.3, -0.25) is 0 Å². The Morgan fingerprint density at radius 1 is 1.42 bits per heavy atom. The second-order valence-corrected chi connectivity index (χ2v) is 7.17. The molecule has 1 aromatic carbocycles. The molecule has 2 rings (SSSR count). The molecule has 1 unspecified atom stereocenters. The van der Waals surface area contributed by atoms with Gasteiger partial charge in [0.1, 0.15) is 0 Å². The van der Waals surface area contributed by atoms with E-state index in [-0.39, 0.29) is 17.5 Å². The van der Waals surface area contributed by atoms with Crippen molar-refractivity contribution < 1.29 is 13.5 Å². The SMILES string of the molecule is CC1CCCCN1S(=O)(=O)c1ccc(Cl)c(CO)c1. The predicted molar refractivity (Wildman–Crippen MR) is 74.6 cm³/mol. The van der Waals surface area contributed by atoms with Gasteiger partial charge < -0.3 is 5.11 Å². The maximum atomic E-state index is 12.6. The van der Waals surface area contributed by atoms with E-state index in [2.05, 4.69) is 0 Å². The molecule has 19 heavy (non-hydrogen) atoms. The Labute approximate surface area is 119 Å². The van der Waals surface area contributed by atoms with Gasteiger partial charge in [-0.05, 0) is 43.5 Å². The van der Waals surface area contributed by atoms with Gasteiger partial charge in [-0.15, -0.1) is 0 Å². The zero-order valence-corrected chi connectivity index (χ0v) is 12.4. The smallest absolute Gasteiger partial charge is 0.243 e. The first kappa shape index (κ1) is 14.8. The number of aliphatic hydroxyl groups is 1. The minimum absolute atomic E-state index is 0.0204. The molecule has 6 heteroatoms. The van der Waals surface area contributed by atoms with Gasteiger partial charge in [0.05, 0.1) is 11.5 Å². The first-order chi connectivity index (χ1) is 8.96. The molecule has 1 aliphatic rings. The standard InChI is InChI=1S/C13H18ClNO3S/c1-10-4-2-3-7-15(10)19(17,18)12-5-6-13(14)11(8-12)9-16/h5-6,8,10,16H,2-4,7,9H2,1H3. The molecule has 4 nitrogen and oxygen atoms in total. The van der Waals surface area contributed by atoms with Crippen molar-refractivity contribution in [2.45, 2.75) is 43.7 Å². The maximum absolute atomic E-state index is 12.6. The topological polar surface area (TPSA) is 57.6 Å². The number of nitrogens with zero attached hydrogens (tertiary/aromatic N) is 1. The van der Waals surface area contributed by atoms with Gasteiger partial charge in [-0.25, -0.2) is 8.42 Å². The number of hydrogen-bond acceptors (Lipinski definition) is 3. The van der Waals surface area contributed by atoms with Crippen molar-refractivity contribution in [2.75, 3.05) is 6.54 Å². The summed E-state index contributed by atoms with van der Waals surface area (Å²) < 4.78 is 26.7. The summed E-state index contributed by atoms with van der Waals surface area (Å²) in [4.78, 5) is 0.203. The van der Waals surface area contributed by atoms with Crippen LogP contribution in [0.25, 0.3) is 0 Å². The summed E-state index contributed by atoms with van der Waals surface area (Å²) in [6, 6.07) is 4.50. The molecule has 1 aromatic rings. The minimum Gasteiger partial charge on any atom is -0.392 e. The Bertz CT molecular complexity index is 559. The summed E-state index contributed by atoms with van der Waals surface area (Å²) >= 11 is 5.89. The third kappa shape index (κ3) is 2.94. The minimum atomic E-state index is -3.50. The largest absolute Gasteiger partial charge is 0.392 e. The van der Waals surface area contributed by atoms with Crippen LogP contribution in [0.4, 0.5) is 0 Å². The van der Waals surface area contributed by atoms with Crippen molar-refractivity contribution in [1.29, 1.82) is 0 Å². The summed E-state index contributed by atoms with van der Waals surface area (Å²) in [6.45, 7) is 2.22. The molecular formula is C13H18ClNO3S. The van der Waals surface area contributed by atoms with E-state index in [4.69, 9.17) is 11.6 Å². The zero-order chi connectivity index (χ0) is 14.0. The quantitative estimate of drug-likeness (QED) is 0.933. The van der Waals surface area contributed by atoms with Gasteiger partial charge in [0.15, 0.2) is 0 Å². The molecule has 106 valence electrons. The van der Waals surface area contributed by atoms with E-state index in [1.165, 1.54) is 18.2 Å². The molecule has 1 N–H and O–H groups in total. The highest BCUT2D eigenvalue weighted by Crippen LogP contribution is 2.27. The number of sulfonamides is 1. The van der Waals surface area contributed by atoms with E-state index < -0.39 is 10.0 Å². The normalized spacial score (nSPS) is 21.5. The van der Waals surface area contributed by atoms with Gasteiger partial charge in [0, 0.05) is 17.6 Å². The second-order valence-electron chi connectivity index (χ2n) is 4.87. The van der Waals surface area contributed by atoms with Crippen LogP contribution in [0.1, 0.15) is 31.7 Å². The lowest BCUT2D eigenvalue weighted by molar-refractivity contribution is 0.268. The lowest BCUT2D eigenvalue weighted by Crippen LogP contribution is -2.41. The van der Waals surface area contributed by atoms with Crippen LogP contribution in [-0.2, 0) is 16.6 Å². The molecular weight excluding hydrogens is 286 g/mol. The molecule has 1 aliphatic heterocycles. The Morgan fingerprint density at radius 3 is 2.79 bits per heavy atom. The highest BCUT2D eigenvalue weighted by atomic mass is 35.5. The number of hydrogen-bond donors (Lipinski definition) is 1. The lowest BCUT2D eigenvalue weighted by atomic mass is 10.1. The Hall–Kier alpha value is -0.620. The second kappa shape index (κ2) is 5.79. The molecule has 1 saturated heterocycles. The van der Waals surface area contributed by atoms with Crippen LogP contribution in [0.3, 0.4) is 0 Å². The van der Waals surface area contributed by atoms with Crippen LogP contribution >= 0.6 is 11.6 Å². The zero-order valence-electron chi connectivity index (χ0n) is 10.8. The maximum Gasteiger partial charge on any atom is 0.243 e. The van der Waals surface area contributed by atoms with Crippen molar-refractivity contribution in [2.24, 2.45) is 0 Å². The Balaban J connectivity index is 2.38. The van der Waals surface area contributed by atoms with Crippen LogP contribution in [-0.4, -0.2) is 30.4 Å². The Kier molecular flexibility index (Phi) is 4.50. The molecule has 0 aromatic heterocycles. The van der Waals surface area contributed by atoms with E-state index >= 15 is 0 Å². The van der Waals surface area contributed by atoms with Gasteiger partial charge in [0.25, 0.3) is 0 Å². The molecule has 0 radical (unpaired) electrons. The van der Waals surface area contributed by atoms with E-state index in [0.717, 1.165) is 19.3 Å². The number of aliphatic hydroxyl groups excluding tert-OH is 1. The van der Waals surface area contributed by atoms with E-state index in [1.54, 1.807) is 4.31 Å². The highest BCUT2D eigenvalue weighted by molar-refractivity contribution is 7.89. The number of piperidine rings is 1. The first-order valence-electron chi connectivity index (χ1n) is 6.38. The average Bonchev–Trinajstić information content (AvgIpc) is 2.39. The molecule has 0 spiro atoms. The van der Waals surface area contributed by atoms with Crippen molar-refractivity contribution in [1.82, 2.24) is 4.31 Å². The molecule has 0 aliphatic carbocycles. The lowest BCUT2D eigenvalue weighted by Gasteiger charge is -2.32. The van der Waals surface area contributed by atoms with Crippen molar-refractivity contribution in [3.8, 4) is 0 Å². The van der Waals surface area contributed by atoms with Crippen molar-refractivity contribution >= 4 is 21.6 Å². The fourth-order valence-electron chi connectivity index (χ4n) is 2.40. The van der Waals surface area contributed by atoms with Crippen LogP contribution < -0.4 is 0 Å². The van der Waals surface area contributed by atoms with Gasteiger partial charge in [-0.1, -0.05) is 18.0 Å². The van der Waals surface area contributed by atoms with Crippen molar-refractivity contribution in [3.05, 3.63) is 28.8 Å². The van der Waals surface area contributed by atoms with Gasteiger partial charge in [0.2, 0.25) is 10.0 Å². The van der Waals surface area contributed by atoms with Crippen LogP contribution in [0.2, 0.25) is 5.02 Å². The van der Waals surface area contributed by atoms with Gasteiger partial charge in [-0.2, -0.15) is 4.31 Å². The first-order valence-corrected chi connectivity index (χ1v) is 8.19. The van der Waals surface area contributed by atoms with E-state index in [0.29, 0.717) is 17.1 Å². The van der Waals surface area contributed by atoms with Crippen LogP contribution in [0, 0.1) is 0 Å². The van der Waals surface area contributed by atoms with Gasteiger partial charge >= 0.3 is 0 Å². The molecule has 1 heterocycles. The average molecular weight is 304 g/mol. The monoisotopic (exact) mass is 303 g/mol. The third-order valence-electron chi connectivity index (χ3n) is 3.54. The highest BCUT2D eigenvalue weighted by Gasteiger charge is 2.31. The van der Waals surface area contributed by atoms with Crippen molar-refractivity contribution in [3.63, 3.8) is 0 Å². The number of rotatable bonds is 3. The van der Waals surface area contributed by atoms with Crippen LogP contribution in [0.15, 0.2) is 23.1 Å². The third-order valence-corrected chi connectivity index (χ3v) is 5.91. The molecule has 0 saturated carbocycles. The number of benzene rings is 1. The summed E-state index contributed by atoms with van der Waals surface area (Å²) in [5.41, 5.74) is 0.437. The van der Waals surface area contributed by atoms with E-state index in [1.807, 2.05) is 6.92 Å². The predicted octanol–water partition coefficient (Wildman–Crippen LogP) is 2.40. The van der Waals surface area contributed by atoms with Crippen LogP contribution in [0.5, 0.6) is 0 Å². The number of halogens is 1. The van der Waals surface area contributed by atoms with E-state index in [9.17, 15) is 13.5 Å². The summed E-state index contributed by atoms with van der Waals surface area (Å²) in [7, 11) is -3.50. The fourth-order valence-corrected chi connectivity index (χ4v) is 4.32. The summed E-state index contributed by atoms with van der Waals surface area (Å²) in [5, 5.41) is 9.56. The Morgan fingerprint density at radius 2 is 2.16 bits per heavy atom. The molecule has 0 amide bonds. The molecule has 1 fully saturated rings.